The minimum Gasteiger partial charge on any atom is -0.457 e. The molecule has 2 aromatic carbocycles. The number of aromatic amines is 1. The number of nitrogens with one attached hydrogen (secondary N) is 2. The molecule has 112 valence electrons. The number of rotatable bonds is 5. The van der Waals surface area contributed by atoms with E-state index in [-0.39, 0.29) is 0 Å². The highest BCUT2D eigenvalue weighted by Gasteiger charge is 2.10. The molecular weight excluding hydrogens is 302 g/mol. The molecule has 2 N–H and O–H groups in total. The minimum absolute atomic E-state index is 0.551. The van der Waals surface area contributed by atoms with E-state index >= 15 is 0 Å². The molecule has 0 bridgehead atoms. The fraction of sp³-hybridized carbons (Fsp3) is 0.133. The smallest absolute Gasteiger partial charge is 0.204 e. The fourth-order valence-electron chi connectivity index (χ4n) is 2.06. The summed E-state index contributed by atoms with van der Waals surface area (Å²) in [4.78, 5) is 0. The Morgan fingerprint density at radius 1 is 1.18 bits per heavy atom. The molecule has 22 heavy (non-hydrogen) atoms. The quantitative estimate of drug-likeness (QED) is 0.757. The number of hydrogen-bond donors (Lipinski definition) is 2. The van der Waals surface area contributed by atoms with Crippen molar-refractivity contribution in [1.29, 1.82) is 0 Å². The molecule has 0 radical (unpaired) electrons. The lowest BCUT2D eigenvalue weighted by Crippen LogP contribution is -2.06. The average molecular weight is 316 g/mol. The molecule has 0 aliphatic heterocycles. The average Bonchev–Trinajstić information content (AvgIpc) is 3.06. The Labute approximate surface area is 132 Å². The van der Waals surface area contributed by atoms with Crippen molar-refractivity contribution >= 4 is 11.6 Å². The first-order valence-corrected chi connectivity index (χ1v) is 7.09. The van der Waals surface area contributed by atoms with Gasteiger partial charge in [-0.2, -0.15) is 5.21 Å². The van der Waals surface area contributed by atoms with Crippen molar-refractivity contribution in [2.75, 3.05) is 7.05 Å². The molecule has 0 spiro atoms. The zero-order valence-corrected chi connectivity index (χ0v) is 12.6. The number of tetrazole rings is 1. The van der Waals surface area contributed by atoms with Crippen molar-refractivity contribution in [2.24, 2.45) is 0 Å². The number of halogens is 1. The number of nitrogens with zero attached hydrogens (tertiary/aromatic N) is 3. The number of ether oxygens (including phenoxy) is 1. The lowest BCUT2D eigenvalue weighted by molar-refractivity contribution is 0.474. The fourth-order valence-corrected chi connectivity index (χ4v) is 2.19. The predicted octanol–water partition coefficient (Wildman–Crippen LogP) is 3.03. The maximum absolute atomic E-state index is 5.93. The molecule has 7 heteroatoms. The summed E-state index contributed by atoms with van der Waals surface area (Å²) in [5.74, 6) is 2.05. The van der Waals surface area contributed by atoms with Gasteiger partial charge in [0.25, 0.3) is 0 Å². The van der Waals surface area contributed by atoms with E-state index in [0.29, 0.717) is 17.4 Å². The second-order valence-electron chi connectivity index (χ2n) is 4.64. The number of hydrogen-bond acceptors (Lipinski definition) is 5. The summed E-state index contributed by atoms with van der Waals surface area (Å²) in [6, 6.07) is 13.0. The minimum atomic E-state index is 0.551. The molecule has 0 aliphatic carbocycles. The monoisotopic (exact) mass is 315 g/mol. The molecule has 0 atom stereocenters. The van der Waals surface area contributed by atoms with Crippen LogP contribution in [-0.2, 0) is 6.54 Å². The Balaban J connectivity index is 1.91. The van der Waals surface area contributed by atoms with Crippen LogP contribution < -0.4 is 10.1 Å². The van der Waals surface area contributed by atoms with Gasteiger partial charge in [-0.3, -0.25) is 0 Å². The lowest BCUT2D eigenvalue weighted by atomic mass is 10.1. The van der Waals surface area contributed by atoms with Crippen molar-refractivity contribution in [1.82, 2.24) is 25.9 Å². The molecule has 3 rings (SSSR count). The van der Waals surface area contributed by atoms with E-state index in [2.05, 4.69) is 25.9 Å². The van der Waals surface area contributed by atoms with Crippen LogP contribution in [0.5, 0.6) is 11.5 Å². The molecule has 0 fully saturated rings. The summed E-state index contributed by atoms with van der Waals surface area (Å²) in [7, 11) is 1.88. The highest BCUT2D eigenvalue weighted by Crippen LogP contribution is 2.29. The highest BCUT2D eigenvalue weighted by molar-refractivity contribution is 6.30. The van der Waals surface area contributed by atoms with Gasteiger partial charge < -0.3 is 10.1 Å². The molecule has 0 saturated heterocycles. The summed E-state index contributed by atoms with van der Waals surface area (Å²) in [5, 5.41) is 17.8. The first-order chi connectivity index (χ1) is 10.8. The van der Waals surface area contributed by atoms with E-state index in [4.69, 9.17) is 16.3 Å². The summed E-state index contributed by atoms with van der Waals surface area (Å²) < 4.78 is 5.93. The van der Waals surface area contributed by atoms with Gasteiger partial charge in [-0.25, -0.2) is 0 Å². The molecule has 1 aromatic heterocycles. The van der Waals surface area contributed by atoms with Crippen molar-refractivity contribution in [3.05, 3.63) is 53.1 Å². The molecular formula is C15H14ClN5O. The van der Waals surface area contributed by atoms with Crippen LogP contribution in [0.15, 0.2) is 42.5 Å². The zero-order chi connectivity index (χ0) is 15.4. The van der Waals surface area contributed by atoms with Gasteiger partial charge in [-0.15, -0.1) is 10.2 Å². The SMILES string of the molecule is CNCc1cc(-c2nn[nH]n2)ccc1Oc1ccc(Cl)cc1. The molecule has 0 saturated carbocycles. The molecule has 0 unspecified atom stereocenters. The van der Waals surface area contributed by atoms with Crippen LogP contribution >= 0.6 is 11.6 Å². The van der Waals surface area contributed by atoms with Crippen LogP contribution in [0.1, 0.15) is 5.56 Å². The first kappa shape index (κ1) is 14.5. The van der Waals surface area contributed by atoms with Crippen LogP contribution in [-0.4, -0.2) is 27.7 Å². The predicted molar refractivity (Wildman–Crippen MR) is 83.9 cm³/mol. The van der Waals surface area contributed by atoms with E-state index in [1.165, 1.54) is 0 Å². The van der Waals surface area contributed by atoms with Crippen LogP contribution in [0.25, 0.3) is 11.4 Å². The van der Waals surface area contributed by atoms with Crippen LogP contribution in [0.2, 0.25) is 5.02 Å². The third kappa shape index (κ3) is 3.24. The van der Waals surface area contributed by atoms with E-state index < -0.39 is 0 Å². The second kappa shape index (κ2) is 6.55. The first-order valence-electron chi connectivity index (χ1n) is 6.71. The van der Waals surface area contributed by atoms with Gasteiger partial charge >= 0.3 is 0 Å². The maximum Gasteiger partial charge on any atom is 0.204 e. The summed E-state index contributed by atoms with van der Waals surface area (Å²) in [5.41, 5.74) is 1.88. The van der Waals surface area contributed by atoms with Crippen molar-refractivity contribution in [3.63, 3.8) is 0 Å². The molecule has 6 nitrogen and oxygen atoms in total. The normalized spacial score (nSPS) is 10.6. The molecule has 3 aromatic rings. The third-order valence-electron chi connectivity index (χ3n) is 3.07. The molecule has 0 amide bonds. The second-order valence-corrected chi connectivity index (χ2v) is 5.08. The van der Waals surface area contributed by atoms with Gasteiger partial charge in [0.2, 0.25) is 5.82 Å². The topological polar surface area (TPSA) is 75.7 Å². The molecule has 1 heterocycles. The summed E-state index contributed by atoms with van der Waals surface area (Å²) >= 11 is 5.89. The maximum atomic E-state index is 5.93. The molecule has 0 aliphatic rings. The van der Waals surface area contributed by atoms with Gasteiger partial charge in [0.15, 0.2) is 0 Å². The Morgan fingerprint density at radius 2 is 2.00 bits per heavy atom. The van der Waals surface area contributed by atoms with Crippen LogP contribution in [0.3, 0.4) is 0 Å². The number of benzene rings is 2. The van der Waals surface area contributed by atoms with Gasteiger partial charge in [-0.05, 0) is 54.7 Å². The highest BCUT2D eigenvalue weighted by atomic mass is 35.5. The standard InChI is InChI=1S/C15H14ClN5O/c1-17-9-11-8-10(15-18-20-21-19-15)2-7-14(11)22-13-5-3-12(16)4-6-13/h2-8,17H,9H2,1H3,(H,18,19,20,21). The Bertz CT molecular complexity index is 743. The lowest BCUT2D eigenvalue weighted by Gasteiger charge is -2.12. The summed E-state index contributed by atoms with van der Waals surface area (Å²) in [6.45, 7) is 0.661. The van der Waals surface area contributed by atoms with Gasteiger partial charge in [-0.1, -0.05) is 11.6 Å². The van der Waals surface area contributed by atoms with Gasteiger partial charge in [0, 0.05) is 22.7 Å². The zero-order valence-electron chi connectivity index (χ0n) is 11.9. The van der Waals surface area contributed by atoms with E-state index in [9.17, 15) is 0 Å². The summed E-state index contributed by atoms with van der Waals surface area (Å²) in [6.07, 6.45) is 0. The van der Waals surface area contributed by atoms with Crippen molar-refractivity contribution in [3.8, 4) is 22.9 Å². The Kier molecular flexibility index (Phi) is 4.32. The van der Waals surface area contributed by atoms with Crippen molar-refractivity contribution < 1.29 is 4.74 Å². The van der Waals surface area contributed by atoms with Gasteiger partial charge in [0.1, 0.15) is 11.5 Å². The van der Waals surface area contributed by atoms with Crippen LogP contribution in [0.4, 0.5) is 0 Å². The van der Waals surface area contributed by atoms with E-state index in [1.54, 1.807) is 12.1 Å². The van der Waals surface area contributed by atoms with Crippen molar-refractivity contribution in [2.45, 2.75) is 6.54 Å². The Hall–Kier alpha value is -2.44. The Morgan fingerprint density at radius 3 is 2.68 bits per heavy atom. The number of aromatic nitrogens is 4. The third-order valence-corrected chi connectivity index (χ3v) is 3.32. The van der Waals surface area contributed by atoms with E-state index in [1.807, 2.05) is 37.4 Å². The van der Waals surface area contributed by atoms with Crippen LogP contribution in [0, 0.1) is 0 Å². The van der Waals surface area contributed by atoms with E-state index in [0.717, 1.165) is 22.6 Å². The largest absolute Gasteiger partial charge is 0.457 e. The number of H-pyrrole nitrogens is 1. The van der Waals surface area contributed by atoms with Gasteiger partial charge in [0.05, 0.1) is 0 Å².